The van der Waals surface area contributed by atoms with Gasteiger partial charge in [-0.05, 0) is 11.1 Å². The van der Waals surface area contributed by atoms with E-state index in [0.717, 1.165) is 23.3 Å². The molecule has 0 atom stereocenters. The number of nitrogens with one attached hydrogen (secondary N) is 2. The Morgan fingerprint density at radius 2 is 1.10 bits per heavy atom. The van der Waals surface area contributed by atoms with Crippen LogP contribution in [0.5, 0.6) is 0 Å². The van der Waals surface area contributed by atoms with Crippen LogP contribution in [-0.2, 0) is 32.3 Å². The lowest BCUT2D eigenvalue weighted by molar-refractivity contribution is 0.561. The van der Waals surface area contributed by atoms with Crippen molar-refractivity contribution in [3.8, 4) is 0 Å². The third-order valence-electron chi connectivity index (χ3n) is 1.75. The second-order valence-corrected chi connectivity index (χ2v) is 2.79. The first-order chi connectivity index (χ1) is 9.71. The van der Waals surface area contributed by atoms with Crippen molar-refractivity contribution >= 4 is 24.3 Å². The SMILES string of the molecule is N=C=O.N=C=O.O=C=NCc1ccccc1CN=C=O. The van der Waals surface area contributed by atoms with Crippen molar-refractivity contribution in [2.24, 2.45) is 9.98 Å². The maximum Gasteiger partial charge on any atom is 0.235 e. The highest BCUT2D eigenvalue weighted by Gasteiger charge is 1.99. The molecule has 8 heteroatoms. The second kappa shape index (κ2) is 15.7. The van der Waals surface area contributed by atoms with Crippen molar-refractivity contribution in [1.29, 1.82) is 10.8 Å². The van der Waals surface area contributed by atoms with Gasteiger partial charge in [0.05, 0.1) is 13.1 Å². The lowest BCUT2D eigenvalue weighted by Gasteiger charge is -2.01. The van der Waals surface area contributed by atoms with Crippen LogP contribution in [0.15, 0.2) is 34.3 Å². The molecule has 0 unspecified atom stereocenters. The van der Waals surface area contributed by atoms with E-state index in [2.05, 4.69) is 9.98 Å². The fourth-order valence-corrected chi connectivity index (χ4v) is 1.10. The third kappa shape index (κ3) is 11.2. The minimum Gasteiger partial charge on any atom is -0.222 e. The summed E-state index contributed by atoms with van der Waals surface area (Å²) in [6.07, 6.45) is 4.43. The highest BCUT2D eigenvalue weighted by atomic mass is 16.1. The van der Waals surface area contributed by atoms with Crippen molar-refractivity contribution in [3.63, 3.8) is 0 Å². The monoisotopic (exact) mass is 274 g/mol. The molecule has 0 amide bonds. The maximum absolute atomic E-state index is 9.93. The fraction of sp³-hybridized carbons (Fsp3) is 0.167. The molecule has 0 fully saturated rings. The normalized spacial score (nSPS) is 6.80. The summed E-state index contributed by atoms with van der Waals surface area (Å²) in [4.78, 5) is 43.5. The Bertz CT molecular complexity index is 510. The van der Waals surface area contributed by atoms with Gasteiger partial charge in [-0.3, -0.25) is 0 Å². The number of nitrogens with zero attached hydrogens (tertiary/aromatic N) is 2. The summed E-state index contributed by atoms with van der Waals surface area (Å²) in [5, 5.41) is 10.8. The van der Waals surface area contributed by atoms with Crippen LogP contribution >= 0.6 is 0 Å². The van der Waals surface area contributed by atoms with Gasteiger partial charge in [0.15, 0.2) is 0 Å². The van der Waals surface area contributed by atoms with Crippen molar-refractivity contribution in [3.05, 3.63) is 35.4 Å². The molecule has 1 aromatic carbocycles. The van der Waals surface area contributed by atoms with Crippen LogP contribution in [0, 0.1) is 10.8 Å². The van der Waals surface area contributed by atoms with Crippen LogP contribution in [0.1, 0.15) is 11.1 Å². The molecule has 0 aromatic heterocycles. The standard InChI is InChI=1S/C10H8N2O2.2CHNO/c13-7-11-5-9-3-1-2-4-10(9)6-12-8-14;2*2-1-3/h1-4H,5-6H2;2*2H. The van der Waals surface area contributed by atoms with Crippen molar-refractivity contribution in [1.82, 2.24) is 0 Å². The predicted molar refractivity (Wildman–Crippen MR) is 66.9 cm³/mol. The Morgan fingerprint density at radius 1 is 0.800 bits per heavy atom. The van der Waals surface area contributed by atoms with Crippen LogP contribution in [0.4, 0.5) is 0 Å². The summed E-state index contributed by atoms with van der Waals surface area (Å²) in [6, 6.07) is 7.33. The predicted octanol–water partition coefficient (Wildman–Crippen LogP) is 1.16. The van der Waals surface area contributed by atoms with Gasteiger partial charge in [0.1, 0.15) is 0 Å². The molecule has 102 valence electrons. The van der Waals surface area contributed by atoms with E-state index < -0.39 is 0 Å². The number of isocyanates is 4. The Morgan fingerprint density at radius 3 is 1.35 bits per heavy atom. The van der Waals surface area contributed by atoms with E-state index in [1.807, 2.05) is 24.3 Å². The Balaban J connectivity index is 0. The summed E-state index contributed by atoms with van der Waals surface area (Å²) in [5.74, 6) is 0. The fourth-order valence-electron chi connectivity index (χ4n) is 1.10. The molecule has 0 spiro atoms. The minimum atomic E-state index is 0.272. The zero-order chi connectivity index (χ0) is 15.6. The second-order valence-electron chi connectivity index (χ2n) is 2.79. The summed E-state index contributed by atoms with van der Waals surface area (Å²) in [7, 11) is 0. The molecule has 0 aliphatic rings. The largest absolute Gasteiger partial charge is 0.235 e. The van der Waals surface area contributed by atoms with Crippen LogP contribution in [-0.4, -0.2) is 24.3 Å². The molecule has 0 saturated carbocycles. The van der Waals surface area contributed by atoms with E-state index in [-0.39, 0.29) is 13.1 Å². The first-order valence-electron chi connectivity index (χ1n) is 4.93. The zero-order valence-corrected chi connectivity index (χ0v) is 10.3. The van der Waals surface area contributed by atoms with Gasteiger partial charge in [0, 0.05) is 0 Å². The van der Waals surface area contributed by atoms with Crippen molar-refractivity contribution < 1.29 is 19.2 Å². The van der Waals surface area contributed by atoms with Gasteiger partial charge in [0.25, 0.3) is 0 Å². The molecule has 1 aromatic rings. The third-order valence-corrected chi connectivity index (χ3v) is 1.75. The van der Waals surface area contributed by atoms with Crippen LogP contribution in [0.25, 0.3) is 0 Å². The van der Waals surface area contributed by atoms with Gasteiger partial charge in [-0.25, -0.2) is 40.0 Å². The van der Waals surface area contributed by atoms with E-state index in [9.17, 15) is 9.59 Å². The number of benzene rings is 1. The summed E-state index contributed by atoms with van der Waals surface area (Å²) in [6.45, 7) is 0.544. The van der Waals surface area contributed by atoms with Crippen molar-refractivity contribution in [2.45, 2.75) is 13.1 Å². The Kier molecular flexibility index (Phi) is 15.0. The molecule has 2 N–H and O–H groups in total. The van der Waals surface area contributed by atoms with Gasteiger partial charge >= 0.3 is 0 Å². The van der Waals surface area contributed by atoms with Crippen molar-refractivity contribution in [2.75, 3.05) is 0 Å². The number of carbonyl (C=O) groups excluding carboxylic acids is 4. The average molecular weight is 274 g/mol. The molecule has 0 aliphatic carbocycles. The highest BCUT2D eigenvalue weighted by Crippen LogP contribution is 2.10. The molecular weight excluding hydrogens is 264 g/mol. The molecule has 0 bridgehead atoms. The van der Waals surface area contributed by atoms with E-state index >= 15 is 0 Å². The first-order valence-corrected chi connectivity index (χ1v) is 4.93. The van der Waals surface area contributed by atoms with E-state index in [1.54, 1.807) is 0 Å². The first kappa shape index (κ1) is 19.1. The van der Waals surface area contributed by atoms with Gasteiger partial charge < -0.3 is 0 Å². The Labute approximate surface area is 113 Å². The van der Waals surface area contributed by atoms with E-state index in [1.165, 1.54) is 12.2 Å². The minimum absolute atomic E-state index is 0.272. The van der Waals surface area contributed by atoms with Gasteiger partial charge in [-0.15, -0.1) is 0 Å². The lowest BCUT2D eigenvalue weighted by atomic mass is 10.1. The maximum atomic E-state index is 9.93. The van der Waals surface area contributed by atoms with E-state index in [4.69, 9.17) is 20.4 Å². The summed E-state index contributed by atoms with van der Waals surface area (Å²) >= 11 is 0. The molecule has 0 saturated heterocycles. The van der Waals surface area contributed by atoms with Crippen LogP contribution in [0.2, 0.25) is 0 Å². The smallest absolute Gasteiger partial charge is 0.222 e. The molecule has 0 radical (unpaired) electrons. The summed E-state index contributed by atoms with van der Waals surface area (Å²) in [5.41, 5.74) is 1.74. The number of hydrogen-bond acceptors (Lipinski definition) is 8. The molecule has 20 heavy (non-hydrogen) atoms. The molecule has 1 rings (SSSR count). The lowest BCUT2D eigenvalue weighted by Crippen LogP contribution is -1.90. The van der Waals surface area contributed by atoms with Crippen LogP contribution < -0.4 is 0 Å². The zero-order valence-electron chi connectivity index (χ0n) is 10.3. The van der Waals surface area contributed by atoms with Gasteiger partial charge in [-0.2, -0.15) is 0 Å². The van der Waals surface area contributed by atoms with Crippen LogP contribution in [0.3, 0.4) is 0 Å². The topological polar surface area (TPSA) is 141 Å². The summed E-state index contributed by atoms with van der Waals surface area (Å²) < 4.78 is 0. The average Bonchev–Trinajstić information content (AvgIpc) is 2.45. The molecule has 0 aliphatic heterocycles. The number of aliphatic imine (C=N–C) groups is 2. The highest BCUT2D eigenvalue weighted by molar-refractivity contribution is 5.37. The van der Waals surface area contributed by atoms with Gasteiger partial charge in [0.2, 0.25) is 24.3 Å². The molecular formula is C12H10N4O4. The Hall–Kier alpha value is -3.26. The van der Waals surface area contributed by atoms with E-state index in [0.29, 0.717) is 0 Å². The molecule has 0 heterocycles. The number of rotatable bonds is 4. The van der Waals surface area contributed by atoms with Gasteiger partial charge in [-0.1, -0.05) is 24.3 Å². The quantitative estimate of drug-likeness (QED) is 0.627. The molecule has 8 nitrogen and oxygen atoms in total. The number of hydrogen-bond donors (Lipinski definition) is 2.